The van der Waals surface area contributed by atoms with Crippen LogP contribution in [0.4, 0.5) is 0 Å². The second-order valence-corrected chi connectivity index (χ2v) is 4.31. The average Bonchev–Trinajstić information content (AvgIpc) is 2.02. The quantitative estimate of drug-likeness (QED) is 0.698. The van der Waals surface area contributed by atoms with Gasteiger partial charge in [0.15, 0.2) is 0 Å². The van der Waals surface area contributed by atoms with Crippen molar-refractivity contribution in [2.75, 3.05) is 0 Å². The molecule has 0 aliphatic rings. The molecule has 1 nitrogen and oxygen atoms in total. The van der Waals surface area contributed by atoms with Crippen molar-refractivity contribution in [3.05, 3.63) is 35.7 Å². The molecule has 0 aliphatic carbocycles. The van der Waals surface area contributed by atoms with Gasteiger partial charge in [-0.3, -0.25) is 0 Å². The lowest BCUT2D eigenvalue weighted by atomic mass is 9.86. The standard InChI is InChI=1S/C12H17O/c1-5-9-6-7-10(8-11(9)13)12(2,3)4/h5-8,13H,1-4H3. The molecule has 0 aromatic heterocycles. The first kappa shape index (κ1) is 10.1. The second kappa shape index (κ2) is 3.41. The number of hydrogen-bond donors (Lipinski definition) is 1. The summed E-state index contributed by atoms with van der Waals surface area (Å²) in [5.41, 5.74) is 2.16. The third-order valence-corrected chi connectivity index (χ3v) is 2.21. The summed E-state index contributed by atoms with van der Waals surface area (Å²) in [6.45, 7) is 8.33. The Kier molecular flexibility index (Phi) is 2.65. The van der Waals surface area contributed by atoms with Crippen LogP contribution in [0.25, 0.3) is 0 Å². The highest BCUT2D eigenvalue weighted by Gasteiger charge is 2.14. The summed E-state index contributed by atoms with van der Waals surface area (Å²) in [4.78, 5) is 0. The van der Waals surface area contributed by atoms with Crippen LogP contribution >= 0.6 is 0 Å². The molecule has 0 fully saturated rings. The fourth-order valence-electron chi connectivity index (χ4n) is 1.25. The van der Waals surface area contributed by atoms with Crippen molar-refractivity contribution in [1.29, 1.82) is 0 Å². The van der Waals surface area contributed by atoms with E-state index in [0.717, 1.165) is 11.1 Å². The average molecular weight is 177 g/mol. The van der Waals surface area contributed by atoms with E-state index in [4.69, 9.17) is 0 Å². The van der Waals surface area contributed by atoms with Crippen molar-refractivity contribution in [1.82, 2.24) is 0 Å². The molecule has 0 atom stereocenters. The summed E-state index contributed by atoms with van der Waals surface area (Å²) in [5.74, 6) is 0.370. The number of phenols is 1. The van der Waals surface area contributed by atoms with Gasteiger partial charge in [0.1, 0.15) is 5.75 Å². The van der Waals surface area contributed by atoms with Gasteiger partial charge in [-0.05, 0) is 29.0 Å². The second-order valence-electron chi connectivity index (χ2n) is 4.31. The normalized spacial score (nSPS) is 11.7. The zero-order valence-corrected chi connectivity index (χ0v) is 8.76. The van der Waals surface area contributed by atoms with E-state index >= 15 is 0 Å². The van der Waals surface area contributed by atoms with Gasteiger partial charge in [-0.15, -0.1) is 0 Å². The van der Waals surface area contributed by atoms with Crippen LogP contribution in [0.3, 0.4) is 0 Å². The minimum atomic E-state index is 0.101. The molecule has 0 saturated carbocycles. The monoisotopic (exact) mass is 177 g/mol. The first-order valence-corrected chi connectivity index (χ1v) is 4.58. The lowest BCUT2D eigenvalue weighted by Gasteiger charge is -2.19. The highest BCUT2D eigenvalue weighted by atomic mass is 16.3. The Morgan fingerprint density at radius 1 is 1.23 bits per heavy atom. The minimum Gasteiger partial charge on any atom is -0.508 e. The topological polar surface area (TPSA) is 20.2 Å². The largest absolute Gasteiger partial charge is 0.508 e. The summed E-state index contributed by atoms with van der Waals surface area (Å²) < 4.78 is 0. The minimum absolute atomic E-state index is 0.101. The predicted molar refractivity (Wildman–Crippen MR) is 55.9 cm³/mol. The first-order valence-electron chi connectivity index (χ1n) is 4.58. The highest BCUT2D eigenvalue weighted by Crippen LogP contribution is 2.28. The zero-order chi connectivity index (χ0) is 10.1. The molecule has 1 radical (unpaired) electrons. The maximum atomic E-state index is 9.62. The van der Waals surface area contributed by atoms with Gasteiger partial charge >= 0.3 is 0 Å². The fourth-order valence-corrected chi connectivity index (χ4v) is 1.25. The number of aromatic hydroxyl groups is 1. The van der Waals surface area contributed by atoms with Crippen LogP contribution < -0.4 is 0 Å². The van der Waals surface area contributed by atoms with Crippen LogP contribution in [0.15, 0.2) is 18.2 Å². The molecule has 0 bridgehead atoms. The zero-order valence-electron chi connectivity index (χ0n) is 8.76. The van der Waals surface area contributed by atoms with Crippen molar-refractivity contribution in [2.24, 2.45) is 0 Å². The van der Waals surface area contributed by atoms with E-state index in [0.29, 0.717) is 5.75 Å². The molecule has 1 heteroatoms. The van der Waals surface area contributed by atoms with E-state index in [2.05, 4.69) is 26.8 Å². The lowest BCUT2D eigenvalue weighted by Crippen LogP contribution is -2.10. The summed E-state index contributed by atoms with van der Waals surface area (Å²) >= 11 is 0. The maximum absolute atomic E-state index is 9.62. The van der Waals surface area contributed by atoms with Crippen molar-refractivity contribution in [3.63, 3.8) is 0 Å². The Morgan fingerprint density at radius 3 is 2.23 bits per heavy atom. The van der Waals surface area contributed by atoms with Gasteiger partial charge in [0, 0.05) is 0 Å². The molecule has 1 rings (SSSR count). The lowest BCUT2D eigenvalue weighted by molar-refractivity contribution is 0.467. The van der Waals surface area contributed by atoms with Gasteiger partial charge in [0.25, 0.3) is 0 Å². The molecule has 0 unspecified atom stereocenters. The molecular weight excluding hydrogens is 160 g/mol. The van der Waals surface area contributed by atoms with Crippen LogP contribution in [-0.2, 0) is 5.41 Å². The summed E-state index contributed by atoms with van der Waals surface area (Å²) in [6.07, 6.45) is 1.90. The Labute approximate surface area is 80.4 Å². The van der Waals surface area contributed by atoms with E-state index in [1.165, 1.54) is 0 Å². The molecule has 0 amide bonds. The van der Waals surface area contributed by atoms with Gasteiger partial charge in [-0.25, -0.2) is 0 Å². The Hall–Kier alpha value is -0.980. The molecular formula is C12H17O. The Bertz CT molecular complexity index is 294. The summed E-state index contributed by atoms with van der Waals surface area (Å²) in [7, 11) is 0. The van der Waals surface area contributed by atoms with Crippen LogP contribution in [0.5, 0.6) is 5.75 Å². The molecule has 0 aliphatic heterocycles. The number of hydrogen-bond acceptors (Lipinski definition) is 1. The Morgan fingerprint density at radius 2 is 1.85 bits per heavy atom. The van der Waals surface area contributed by atoms with E-state index < -0.39 is 0 Å². The molecule has 71 valence electrons. The Balaban J connectivity index is 3.10. The smallest absolute Gasteiger partial charge is 0.119 e. The molecule has 1 aromatic rings. The summed E-state index contributed by atoms with van der Waals surface area (Å²) in [6, 6.07) is 5.86. The van der Waals surface area contributed by atoms with Crippen molar-refractivity contribution < 1.29 is 5.11 Å². The first-order chi connectivity index (χ1) is 5.95. The van der Waals surface area contributed by atoms with Crippen LogP contribution in [0.2, 0.25) is 0 Å². The number of benzene rings is 1. The van der Waals surface area contributed by atoms with Crippen molar-refractivity contribution >= 4 is 0 Å². The SMILES string of the molecule is C[CH]c1ccc(C(C)(C)C)cc1O. The van der Waals surface area contributed by atoms with Crippen LogP contribution in [0.1, 0.15) is 38.8 Å². The molecule has 0 saturated heterocycles. The van der Waals surface area contributed by atoms with E-state index in [1.54, 1.807) is 0 Å². The fraction of sp³-hybridized carbons (Fsp3) is 0.417. The molecule has 1 aromatic carbocycles. The van der Waals surface area contributed by atoms with E-state index in [1.807, 2.05) is 25.5 Å². The van der Waals surface area contributed by atoms with Gasteiger partial charge in [0.05, 0.1) is 0 Å². The molecule has 13 heavy (non-hydrogen) atoms. The third kappa shape index (κ3) is 2.24. The van der Waals surface area contributed by atoms with Gasteiger partial charge < -0.3 is 5.11 Å². The predicted octanol–water partition coefficient (Wildman–Crippen LogP) is 3.26. The highest BCUT2D eigenvalue weighted by molar-refractivity contribution is 5.42. The number of phenolic OH excluding ortho intramolecular Hbond substituents is 1. The van der Waals surface area contributed by atoms with Crippen molar-refractivity contribution in [2.45, 2.75) is 33.1 Å². The molecule has 1 N–H and O–H groups in total. The van der Waals surface area contributed by atoms with Gasteiger partial charge in [-0.1, -0.05) is 39.8 Å². The van der Waals surface area contributed by atoms with Crippen LogP contribution in [0, 0.1) is 6.42 Å². The van der Waals surface area contributed by atoms with Gasteiger partial charge in [-0.2, -0.15) is 0 Å². The number of rotatable bonds is 1. The van der Waals surface area contributed by atoms with E-state index in [-0.39, 0.29) is 5.41 Å². The molecule has 0 heterocycles. The van der Waals surface area contributed by atoms with Gasteiger partial charge in [0.2, 0.25) is 0 Å². The van der Waals surface area contributed by atoms with Crippen LogP contribution in [-0.4, -0.2) is 5.11 Å². The third-order valence-electron chi connectivity index (χ3n) is 2.21. The molecule has 0 spiro atoms. The summed E-state index contributed by atoms with van der Waals surface area (Å²) in [5, 5.41) is 9.62. The van der Waals surface area contributed by atoms with E-state index in [9.17, 15) is 5.11 Å². The maximum Gasteiger partial charge on any atom is 0.119 e. The van der Waals surface area contributed by atoms with Crippen molar-refractivity contribution in [3.8, 4) is 5.75 Å².